The van der Waals surface area contributed by atoms with Gasteiger partial charge in [0.05, 0.1) is 6.10 Å². The zero-order valence-electron chi connectivity index (χ0n) is 10.2. The van der Waals surface area contributed by atoms with Crippen molar-refractivity contribution in [1.82, 2.24) is 14.9 Å². The van der Waals surface area contributed by atoms with E-state index >= 15 is 0 Å². The Kier molecular flexibility index (Phi) is 3.44. The molecule has 1 aromatic heterocycles. The quantitative estimate of drug-likeness (QED) is 0.742. The van der Waals surface area contributed by atoms with Crippen molar-refractivity contribution in [2.75, 3.05) is 37.8 Å². The van der Waals surface area contributed by atoms with Gasteiger partial charge in [-0.3, -0.25) is 0 Å². The molecule has 6 heteroatoms. The van der Waals surface area contributed by atoms with Crippen LogP contribution in [0.5, 0.6) is 0 Å². The van der Waals surface area contributed by atoms with Crippen molar-refractivity contribution in [3.63, 3.8) is 0 Å². The monoisotopic (exact) mass is 237 g/mol. The molecule has 1 fully saturated rings. The minimum absolute atomic E-state index is 0.238. The van der Waals surface area contributed by atoms with Gasteiger partial charge in [0.2, 0.25) is 5.95 Å². The van der Waals surface area contributed by atoms with E-state index in [1.807, 2.05) is 19.0 Å². The number of likely N-dealkylation sites (N-methyl/N-ethyl adjacent to an activating group) is 1. The van der Waals surface area contributed by atoms with Gasteiger partial charge in [-0.25, -0.2) is 4.98 Å². The van der Waals surface area contributed by atoms with Crippen molar-refractivity contribution in [2.24, 2.45) is 0 Å². The summed E-state index contributed by atoms with van der Waals surface area (Å²) in [5, 5.41) is 9.77. The molecule has 94 valence electrons. The number of aliphatic hydroxyl groups is 1. The molecule has 2 heterocycles. The van der Waals surface area contributed by atoms with Crippen LogP contribution in [-0.4, -0.2) is 59.3 Å². The Morgan fingerprint density at radius 3 is 3.00 bits per heavy atom. The van der Waals surface area contributed by atoms with E-state index in [-0.39, 0.29) is 12.1 Å². The predicted molar refractivity (Wildman–Crippen MR) is 66.8 cm³/mol. The van der Waals surface area contributed by atoms with Gasteiger partial charge in [0.1, 0.15) is 5.82 Å². The Balaban J connectivity index is 2.17. The number of hydrogen-bond acceptors (Lipinski definition) is 6. The third kappa shape index (κ3) is 2.83. The Bertz CT molecular complexity index is 384. The van der Waals surface area contributed by atoms with Gasteiger partial charge in [0, 0.05) is 25.3 Å². The highest BCUT2D eigenvalue weighted by Crippen LogP contribution is 2.23. The molecule has 2 unspecified atom stereocenters. The molecule has 0 aliphatic carbocycles. The minimum atomic E-state index is -0.315. The van der Waals surface area contributed by atoms with E-state index in [0.29, 0.717) is 18.3 Å². The van der Waals surface area contributed by atoms with E-state index in [1.165, 1.54) is 0 Å². The third-order valence-corrected chi connectivity index (χ3v) is 2.89. The Labute approximate surface area is 101 Å². The van der Waals surface area contributed by atoms with Crippen LogP contribution >= 0.6 is 0 Å². The average molecular weight is 237 g/mol. The van der Waals surface area contributed by atoms with Crippen molar-refractivity contribution in [2.45, 2.75) is 18.6 Å². The van der Waals surface area contributed by atoms with Crippen LogP contribution < -0.4 is 10.6 Å². The van der Waals surface area contributed by atoms with Crippen molar-refractivity contribution < 1.29 is 5.11 Å². The molecule has 2 rings (SSSR count). The Morgan fingerprint density at radius 1 is 1.59 bits per heavy atom. The summed E-state index contributed by atoms with van der Waals surface area (Å²) in [6, 6.07) is 1.90. The fourth-order valence-corrected chi connectivity index (χ4v) is 2.23. The fraction of sp³-hybridized carbons (Fsp3) is 0.636. The first-order valence-electron chi connectivity index (χ1n) is 5.74. The highest BCUT2D eigenvalue weighted by atomic mass is 16.3. The number of aromatic nitrogens is 2. The van der Waals surface area contributed by atoms with E-state index in [0.717, 1.165) is 13.0 Å². The van der Waals surface area contributed by atoms with Gasteiger partial charge in [-0.2, -0.15) is 4.98 Å². The molecule has 0 aromatic carbocycles. The molecule has 17 heavy (non-hydrogen) atoms. The summed E-state index contributed by atoms with van der Waals surface area (Å²) in [5.74, 6) is 1.06. The topological polar surface area (TPSA) is 78.5 Å². The number of β-amino-alcohol motifs (C(OH)–C–C–N with tert-alkyl or cyclic N) is 1. The lowest BCUT2D eigenvalue weighted by atomic mass is 10.2. The zero-order valence-corrected chi connectivity index (χ0v) is 10.2. The Morgan fingerprint density at radius 2 is 2.35 bits per heavy atom. The Hall–Kier alpha value is -1.40. The predicted octanol–water partition coefficient (Wildman–Crippen LogP) is -0.440. The molecule has 1 aliphatic heterocycles. The molecule has 3 N–H and O–H groups in total. The van der Waals surface area contributed by atoms with Crippen LogP contribution in [0.4, 0.5) is 11.8 Å². The SMILES string of the molecule is CN(C)CC1CC(O)CN1c1nccc(N)n1. The fourth-order valence-electron chi connectivity index (χ4n) is 2.23. The van der Waals surface area contributed by atoms with Crippen molar-refractivity contribution in [1.29, 1.82) is 0 Å². The molecule has 1 aromatic rings. The summed E-state index contributed by atoms with van der Waals surface area (Å²) < 4.78 is 0. The second kappa shape index (κ2) is 4.85. The van der Waals surface area contributed by atoms with Crippen LogP contribution in [-0.2, 0) is 0 Å². The maximum atomic E-state index is 9.77. The van der Waals surface area contributed by atoms with Crippen LogP contribution in [0.3, 0.4) is 0 Å². The normalized spacial score (nSPS) is 24.6. The second-order valence-electron chi connectivity index (χ2n) is 4.74. The first-order valence-corrected chi connectivity index (χ1v) is 5.74. The third-order valence-electron chi connectivity index (χ3n) is 2.89. The number of rotatable bonds is 3. The van der Waals surface area contributed by atoms with Crippen LogP contribution in [0.1, 0.15) is 6.42 Å². The van der Waals surface area contributed by atoms with Crippen molar-refractivity contribution >= 4 is 11.8 Å². The molecule has 6 nitrogen and oxygen atoms in total. The lowest BCUT2D eigenvalue weighted by Crippen LogP contribution is -2.38. The molecule has 0 amide bonds. The van der Waals surface area contributed by atoms with Gasteiger partial charge < -0.3 is 20.6 Å². The number of nitrogens with two attached hydrogens (primary N) is 1. The number of nitrogens with zero attached hydrogens (tertiary/aromatic N) is 4. The summed E-state index contributed by atoms with van der Waals surface area (Å²) in [7, 11) is 4.03. The molecule has 0 spiro atoms. The van der Waals surface area contributed by atoms with E-state index in [1.54, 1.807) is 12.3 Å². The van der Waals surface area contributed by atoms with Crippen LogP contribution in [0.25, 0.3) is 0 Å². The van der Waals surface area contributed by atoms with E-state index < -0.39 is 0 Å². The molecule has 0 bridgehead atoms. The molecule has 1 aliphatic rings. The van der Waals surface area contributed by atoms with Gasteiger partial charge >= 0.3 is 0 Å². The summed E-state index contributed by atoms with van der Waals surface area (Å²) >= 11 is 0. The van der Waals surface area contributed by atoms with Crippen molar-refractivity contribution in [3.8, 4) is 0 Å². The lowest BCUT2D eigenvalue weighted by molar-refractivity contribution is 0.191. The van der Waals surface area contributed by atoms with Crippen molar-refractivity contribution in [3.05, 3.63) is 12.3 Å². The highest BCUT2D eigenvalue weighted by molar-refractivity contribution is 5.40. The van der Waals surface area contributed by atoms with E-state index in [2.05, 4.69) is 14.9 Å². The average Bonchev–Trinajstić information content (AvgIpc) is 2.58. The largest absolute Gasteiger partial charge is 0.391 e. The summed E-state index contributed by atoms with van der Waals surface area (Å²) in [6.45, 7) is 1.44. The molecule has 2 atom stereocenters. The molecular formula is C11H19N5O. The zero-order chi connectivity index (χ0) is 12.4. The second-order valence-corrected chi connectivity index (χ2v) is 4.74. The van der Waals surface area contributed by atoms with Gasteiger partial charge in [0.25, 0.3) is 0 Å². The number of anilines is 2. The summed E-state index contributed by atoms with van der Waals surface area (Å²) in [4.78, 5) is 12.6. The number of nitrogen functional groups attached to an aromatic ring is 1. The van der Waals surface area contributed by atoms with Crippen LogP contribution in [0, 0.1) is 0 Å². The summed E-state index contributed by atoms with van der Waals surface area (Å²) in [5.41, 5.74) is 5.66. The first kappa shape index (κ1) is 12.1. The number of aliphatic hydroxyl groups excluding tert-OH is 1. The van der Waals surface area contributed by atoms with Gasteiger partial charge in [-0.1, -0.05) is 0 Å². The van der Waals surface area contributed by atoms with Gasteiger partial charge in [-0.15, -0.1) is 0 Å². The minimum Gasteiger partial charge on any atom is -0.391 e. The molecular weight excluding hydrogens is 218 g/mol. The van der Waals surface area contributed by atoms with E-state index in [4.69, 9.17) is 5.73 Å². The number of hydrogen-bond donors (Lipinski definition) is 2. The van der Waals surface area contributed by atoms with Gasteiger partial charge in [0.15, 0.2) is 0 Å². The van der Waals surface area contributed by atoms with E-state index in [9.17, 15) is 5.11 Å². The standard InChI is InChI=1S/C11H19N5O/c1-15(2)6-8-5-9(17)7-16(8)11-13-4-3-10(12)14-11/h3-4,8-9,17H,5-7H2,1-2H3,(H2,12,13,14). The lowest BCUT2D eigenvalue weighted by Gasteiger charge is -2.26. The molecule has 1 saturated heterocycles. The maximum Gasteiger partial charge on any atom is 0.227 e. The highest BCUT2D eigenvalue weighted by Gasteiger charge is 2.32. The smallest absolute Gasteiger partial charge is 0.227 e. The molecule has 0 saturated carbocycles. The maximum absolute atomic E-state index is 9.77. The first-order chi connectivity index (χ1) is 8.06. The van der Waals surface area contributed by atoms with Crippen LogP contribution in [0.2, 0.25) is 0 Å². The van der Waals surface area contributed by atoms with Gasteiger partial charge in [-0.05, 0) is 26.6 Å². The molecule has 0 radical (unpaired) electrons. The van der Waals surface area contributed by atoms with Crippen LogP contribution in [0.15, 0.2) is 12.3 Å². The summed E-state index contributed by atoms with van der Waals surface area (Å²) in [6.07, 6.45) is 2.08.